The molecule has 0 amide bonds. The summed E-state index contributed by atoms with van der Waals surface area (Å²) in [6, 6.07) is 4.42. The molecule has 4 heteroatoms. The molecular formula is C8H6O3S. The summed E-state index contributed by atoms with van der Waals surface area (Å²) >= 11 is 3.92. The third-order valence-electron chi connectivity index (χ3n) is 1.42. The van der Waals surface area contributed by atoms with E-state index in [0.717, 1.165) is 0 Å². The van der Waals surface area contributed by atoms with Crippen molar-refractivity contribution in [1.29, 1.82) is 0 Å². The van der Waals surface area contributed by atoms with Crippen molar-refractivity contribution in [3.05, 3.63) is 29.3 Å². The predicted octanol–water partition coefficient (Wildman–Crippen LogP) is 1.49. The number of aldehydes is 1. The molecule has 1 rings (SSSR count). The predicted molar refractivity (Wildman–Crippen MR) is 46.0 cm³/mol. The first kappa shape index (κ1) is 8.80. The van der Waals surface area contributed by atoms with E-state index in [2.05, 4.69) is 12.6 Å². The van der Waals surface area contributed by atoms with Crippen LogP contribution in [0.5, 0.6) is 0 Å². The third-order valence-corrected chi connectivity index (χ3v) is 1.92. The second kappa shape index (κ2) is 3.40. The Balaban J connectivity index is 3.32. The highest BCUT2D eigenvalue weighted by Gasteiger charge is 2.09. The minimum atomic E-state index is -1.08. The quantitative estimate of drug-likeness (QED) is 0.538. The summed E-state index contributed by atoms with van der Waals surface area (Å²) in [6.45, 7) is 0. The van der Waals surface area contributed by atoms with E-state index in [-0.39, 0.29) is 10.5 Å². The summed E-state index contributed by atoms with van der Waals surface area (Å²) in [5.74, 6) is -1.08. The standard InChI is InChI=1S/C8H6O3S/c9-4-5-2-1-3-6(7(5)12)8(10)11/h1-4,12H,(H,10,11). The lowest BCUT2D eigenvalue weighted by Gasteiger charge is -2.00. The van der Waals surface area contributed by atoms with Gasteiger partial charge in [0.25, 0.3) is 0 Å². The molecule has 0 aliphatic rings. The number of carboxylic acid groups (broad SMARTS) is 1. The Bertz CT molecular complexity index is 333. The van der Waals surface area contributed by atoms with Crippen LogP contribution in [0.15, 0.2) is 23.1 Å². The summed E-state index contributed by atoms with van der Waals surface area (Å²) < 4.78 is 0. The van der Waals surface area contributed by atoms with Gasteiger partial charge in [-0.2, -0.15) is 0 Å². The number of carbonyl (C=O) groups is 2. The maximum atomic E-state index is 10.5. The summed E-state index contributed by atoms with van der Waals surface area (Å²) in [7, 11) is 0. The van der Waals surface area contributed by atoms with Crippen molar-refractivity contribution in [2.45, 2.75) is 4.90 Å². The first-order valence-electron chi connectivity index (χ1n) is 3.17. The first-order chi connectivity index (χ1) is 5.66. The molecular weight excluding hydrogens is 176 g/mol. The highest BCUT2D eigenvalue weighted by Crippen LogP contribution is 2.17. The van der Waals surface area contributed by atoms with Crippen LogP contribution in [0.3, 0.4) is 0 Å². The molecule has 0 radical (unpaired) electrons. The summed E-state index contributed by atoms with van der Waals surface area (Å²) in [5, 5.41) is 8.62. The molecule has 0 fully saturated rings. The molecule has 1 N–H and O–H groups in total. The van der Waals surface area contributed by atoms with Crippen molar-refractivity contribution in [2.75, 3.05) is 0 Å². The Labute approximate surface area is 74.4 Å². The molecule has 3 nitrogen and oxygen atoms in total. The Morgan fingerprint density at radius 2 is 2.17 bits per heavy atom. The molecule has 0 heterocycles. The van der Waals surface area contributed by atoms with E-state index < -0.39 is 5.97 Å². The van der Waals surface area contributed by atoms with E-state index in [1.165, 1.54) is 18.2 Å². The number of rotatable bonds is 2. The zero-order valence-electron chi connectivity index (χ0n) is 6.02. The van der Waals surface area contributed by atoms with Gasteiger partial charge in [0.15, 0.2) is 6.29 Å². The fourth-order valence-corrected chi connectivity index (χ4v) is 1.13. The van der Waals surface area contributed by atoms with E-state index in [1.54, 1.807) is 0 Å². The second-order valence-corrected chi connectivity index (χ2v) is 2.61. The molecule has 0 aromatic heterocycles. The van der Waals surface area contributed by atoms with Crippen molar-refractivity contribution >= 4 is 24.9 Å². The SMILES string of the molecule is O=Cc1cccc(C(=O)O)c1S. The number of benzene rings is 1. The van der Waals surface area contributed by atoms with Crippen molar-refractivity contribution in [3.63, 3.8) is 0 Å². The highest BCUT2D eigenvalue weighted by molar-refractivity contribution is 7.80. The second-order valence-electron chi connectivity index (χ2n) is 2.17. The van der Waals surface area contributed by atoms with Gasteiger partial charge in [-0.3, -0.25) is 4.79 Å². The molecule has 1 aromatic rings. The molecule has 0 bridgehead atoms. The highest BCUT2D eigenvalue weighted by atomic mass is 32.1. The number of thiol groups is 1. The largest absolute Gasteiger partial charge is 0.478 e. The number of hydrogen-bond donors (Lipinski definition) is 2. The Morgan fingerprint density at radius 1 is 1.50 bits per heavy atom. The van der Waals surface area contributed by atoms with Crippen molar-refractivity contribution in [1.82, 2.24) is 0 Å². The fourth-order valence-electron chi connectivity index (χ4n) is 0.829. The normalized spacial score (nSPS) is 9.42. The molecule has 0 aliphatic heterocycles. The topological polar surface area (TPSA) is 54.4 Å². The van der Waals surface area contributed by atoms with Crippen molar-refractivity contribution in [3.8, 4) is 0 Å². The van der Waals surface area contributed by atoms with E-state index in [9.17, 15) is 9.59 Å². The molecule has 0 saturated carbocycles. The van der Waals surface area contributed by atoms with E-state index in [4.69, 9.17) is 5.11 Å². The average molecular weight is 182 g/mol. The molecule has 1 aromatic carbocycles. The Morgan fingerprint density at radius 3 is 2.67 bits per heavy atom. The number of carboxylic acids is 1. The van der Waals surface area contributed by atoms with Gasteiger partial charge < -0.3 is 5.11 Å². The monoisotopic (exact) mass is 182 g/mol. The van der Waals surface area contributed by atoms with Crippen LogP contribution in [0.25, 0.3) is 0 Å². The van der Waals surface area contributed by atoms with E-state index >= 15 is 0 Å². The fraction of sp³-hybridized carbons (Fsp3) is 0. The smallest absolute Gasteiger partial charge is 0.336 e. The Hall–Kier alpha value is -1.29. The summed E-state index contributed by atoms with van der Waals surface area (Å²) in [4.78, 5) is 21.1. The van der Waals surface area contributed by atoms with Gasteiger partial charge in [0, 0.05) is 10.5 Å². The van der Waals surface area contributed by atoms with Crippen LogP contribution in [0.4, 0.5) is 0 Å². The van der Waals surface area contributed by atoms with Crippen LogP contribution in [0, 0.1) is 0 Å². The molecule has 62 valence electrons. The maximum absolute atomic E-state index is 10.5. The van der Waals surface area contributed by atoms with Gasteiger partial charge in [-0.15, -0.1) is 12.6 Å². The minimum Gasteiger partial charge on any atom is -0.478 e. The van der Waals surface area contributed by atoms with Gasteiger partial charge in [0.05, 0.1) is 5.56 Å². The number of hydrogen-bond acceptors (Lipinski definition) is 3. The van der Waals surface area contributed by atoms with Gasteiger partial charge in [-0.25, -0.2) is 4.79 Å². The van der Waals surface area contributed by atoms with Crippen molar-refractivity contribution in [2.24, 2.45) is 0 Å². The zero-order chi connectivity index (χ0) is 9.14. The van der Waals surface area contributed by atoms with Crippen LogP contribution in [-0.4, -0.2) is 17.4 Å². The summed E-state index contributed by atoms with van der Waals surface area (Å²) in [5.41, 5.74) is 0.334. The molecule has 0 atom stereocenters. The van der Waals surface area contributed by atoms with Gasteiger partial charge in [-0.05, 0) is 6.07 Å². The lowest BCUT2D eigenvalue weighted by Crippen LogP contribution is -1.99. The van der Waals surface area contributed by atoms with Crippen molar-refractivity contribution < 1.29 is 14.7 Å². The average Bonchev–Trinajstić information content (AvgIpc) is 2.04. The lowest BCUT2D eigenvalue weighted by molar-refractivity contribution is 0.0693. The molecule has 0 unspecified atom stereocenters. The van der Waals surface area contributed by atoms with Crippen LogP contribution >= 0.6 is 12.6 Å². The summed E-state index contributed by atoms with van der Waals surface area (Å²) in [6.07, 6.45) is 0.578. The molecule has 0 aliphatic carbocycles. The van der Waals surface area contributed by atoms with Gasteiger partial charge in [0.2, 0.25) is 0 Å². The van der Waals surface area contributed by atoms with Gasteiger partial charge >= 0.3 is 5.97 Å². The van der Waals surface area contributed by atoms with Crippen LogP contribution < -0.4 is 0 Å². The lowest BCUT2D eigenvalue weighted by atomic mass is 10.1. The van der Waals surface area contributed by atoms with Gasteiger partial charge in [0.1, 0.15) is 0 Å². The number of aromatic carboxylic acids is 1. The first-order valence-corrected chi connectivity index (χ1v) is 3.62. The van der Waals surface area contributed by atoms with Crippen LogP contribution in [0.2, 0.25) is 0 Å². The molecule has 0 saturated heterocycles. The van der Waals surface area contributed by atoms with E-state index in [0.29, 0.717) is 11.8 Å². The van der Waals surface area contributed by atoms with Crippen LogP contribution in [-0.2, 0) is 0 Å². The van der Waals surface area contributed by atoms with Gasteiger partial charge in [-0.1, -0.05) is 12.1 Å². The van der Waals surface area contributed by atoms with E-state index in [1.807, 2.05) is 0 Å². The number of carbonyl (C=O) groups excluding carboxylic acids is 1. The molecule has 12 heavy (non-hydrogen) atoms. The minimum absolute atomic E-state index is 0.0444. The zero-order valence-corrected chi connectivity index (χ0v) is 6.91. The molecule has 0 spiro atoms. The third kappa shape index (κ3) is 1.48. The van der Waals surface area contributed by atoms with Crippen LogP contribution in [0.1, 0.15) is 20.7 Å². The Kier molecular flexibility index (Phi) is 2.50. The maximum Gasteiger partial charge on any atom is 0.336 e.